The summed E-state index contributed by atoms with van der Waals surface area (Å²) in [6, 6.07) is 3.48. The largest absolute Gasteiger partial charge is 0.401 e. The van der Waals surface area contributed by atoms with Crippen molar-refractivity contribution in [3.63, 3.8) is 0 Å². The van der Waals surface area contributed by atoms with Gasteiger partial charge in [0.1, 0.15) is 20.7 Å². The quantitative estimate of drug-likeness (QED) is 0.427. The van der Waals surface area contributed by atoms with Crippen LogP contribution in [0.2, 0.25) is 5.15 Å². The Morgan fingerprint density at radius 3 is 2.41 bits per heavy atom. The molecule has 0 radical (unpaired) electrons. The predicted octanol–water partition coefficient (Wildman–Crippen LogP) is 4.18. The molecule has 1 N–H and O–H groups in total. The highest BCUT2D eigenvalue weighted by molar-refractivity contribution is 7.91. The highest BCUT2D eigenvalue weighted by atomic mass is 35.5. The van der Waals surface area contributed by atoms with E-state index in [0.29, 0.717) is 0 Å². The number of carbonyl (C=O) groups is 1. The molecule has 2 unspecified atom stereocenters. The number of sulfone groups is 1. The number of anilines is 2. The molecule has 0 saturated heterocycles. The molecule has 9 nitrogen and oxygen atoms in total. The molecule has 1 aliphatic heterocycles. The second-order valence-electron chi connectivity index (χ2n) is 11.4. The van der Waals surface area contributed by atoms with Crippen molar-refractivity contribution in [1.29, 1.82) is 0 Å². The zero-order valence-electron chi connectivity index (χ0n) is 21.9. The third-order valence-electron chi connectivity index (χ3n) is 8.78. The number of nitrogens with zero attached hydrogens (tertiary/aromatic N) is 5. The van der Waals surface area contributed by atoms with Gasteiger partial charge in [0.2, 0.25) is 5.91 Å². The first-order valence-corrected chi connectivity index (χ1v) is 15.0. The monoisotopic (exact) mass is 618 g/mol. The maximum Gasteiger partial charge on any atom is 0.401 e. The summed E-state index contributed by atoms with van der Waals surface area (Å²) >= 11 is 5.94. The Morgan fingerprint density at radius 2 is 1.83 bits per heavy atom. The molecule has 2 aliphatic carbocycles. The molecular formula is C25H24ClF5N6O3S. The Hall–Kier alpha value is -3.07. The SMILES string of the molecule is CC1(C(=O)NC2CC(S(C)(=O)=O)C2)C(c2ccc(N3C[C@@](C)(C(F)(F)F)c4c3cnc3cc(Cl)nn43)cn2)C1(F)F. The van der Waals surface area contributed by atoms with Crippen molar-refractivity contribution in [2.24, 2.45) is 5.41 Å². The Morgan fingerprint density at radius 1 is 1.15 bits per heavy atom. The number of hydrogen-bond donors (Lipinski definition) is 1. The fourth-order valence-electron chi connectivity index (χ4n) is 5.93. The van der Waals surface area contributed by atoms with Gasteiger partial charge in [0, 0.05) is 24.9 Å². The Bertz CT molecular complexity index is 1690. The van der Waals surface area contributed by atoms with Gasteiger partial charge >= 0.3 is 6.18 Å². The lowest BCUT2D eigenvalue weighted by Crippen LogP contribution is -2.51. The van der Waals surface area contributed by atoms with Crippen LogP contribution in [0, 0.1) is 5.41 Å². The molecule has 2 saturated carbocycles. The molecule has 41 heavy (non-hydrogen) atoms. The van der Waals surface area contributed by atoms with E-state index in [1.165, 1.54) is 35.5 Å². The molecule has 0 aromatic carbocycles. The van der Waals surface area contributed by atoms with Gasteiger partial charge in [-0.2, -0.15) is 18.3 Å². The Balaban J connectivity index is 1.26. The fraction of sp³-hybridized carbons (Fsp3) is 0.520. The van der Waals surface area contributed by atoms with E-state index in [2.05, 4.69) is 20.4 Å². The van der Waals surface area contributed by atoms with Crippen LogP contribution in [0.4, 0.5) is 33.3 Å². The molecule has 3 atom stereocenters. The van der Waals surface area contributed by atoms with Gasteiger partial charge in [-0.25, -0.2) is 26.7 Å². The van der Waals surface area contributed by atoms with Crippen LogP contribution in [0.3, 0.4) is 0 Å². The smallest absolute Gasteiger partial charge is 0.353 e. The van der Waals surface area contributed by atoms with Crippen molar-refractivity contribution in [3.8, 4) is 0 Å². The van der Waals surface area contributed by atoms with E-state index in [4.69, 9.17) is 11.6 Å². The average Bonchev–Trinajstić information content (AvgIpc) is 3.12. The highest BCUT2D eigenvalue weighted by Gasteiger charge is 2.83. The van der Waals surface area contributed by atoms with E-state index >= 15 is 8.78 Å². The van der Waals surface area contributed by atoms with Crippen LogP contribution in [-0.4, -0.2) is 70.1 Å². The summed E-state index contributed by atoms with van der Waals surface area (Å²) in [6.45, 7) is 1.62. The van der Waals surface area contributed by atoms with E-state index < -0.39 is 62.4 Å². The molecule has 3 aromatic heterocycles. The minimum atomic E-state index is -4.68. The van der Waals surface area contributed by atoms with E-state index in [0.717, 1.165) is 24.6 Å². The van der Waals surface area contributed by atoms with Crippen LogP contribution in [-0.2, 0) is 20.0 Å². The standard InChI is InChI=1S/C25H24ClF5N6O3S/c1-22(25(29,30)31)11-36(16-10-33-18-8-17(26)35-37(18)20(16)22)13-4-5-15(32-9-13)19-23(2,24(19,27)28)21(38)34-12-6-14(7-12)41(3,39)40/h4-5,8-10,12,14,19H,6-7,11H2,1-3H3,(H,34,38)/t12?,14?,19?,22-,23?/m1/s1. The third-order valence-corrected chi connectivity index (χ3v) is 10.6. The minimum Gasteiger partial charge on any atom is -0.353 e. The fourth-order valence-corrected chi connectivity index (χ4v) is 7.27. The molecule has 16 heteroatoms. The second kappa shape index (κ2) is 8.49. The van der Waals surface area contributed by atoms with E-state index in [1.807, 2.05) is 0 Å². The van der Waals surface area contributed by atoms with Gasteiger partial charge in [0.05, 0.1) is 46.3 Å². The van der Waals surface area contributed by atoms with E-state index in [1.54, 1.807) is 0 Å². The van der Waals surface area contributed by atoms with Crippen LogP contribution in [0.5, 0.6) is 0 Å². The van der Waals surface area contributed by atoms with Crippen LogP contribution in [0.25, 0.3) is 5.65 Å². The van der Waals surface area contributed by atoms with Gasteiger partial charge in [-0.15, -0.1) is 0 Å². The average molecular weight is 619 g/mol. The van der Waals surface area contributed by atoms with Crippen LogP contribution < -0.4 is 10.2 Å². The lowest BCUT2D eigenvalue weighted by Gasteiger charge is -2.35. The van der Waals surface area contributed by atoms with Crippen LogP contribution in [0.1, 0.15) is 44.0 Å². The summed E-state index contributed by atoms with van der Waals surface area (Å²) in [6.07, 6.45) is -0.807. The summed E-state index contributed by atoms with van der Waals surface area (Å²) in [7, 11) is -3.28. The normalized spacial score (nSPS) is 30.7. The maximum atomic E-state index is 15.0. The van der Waals surface area contributed by atoms with E-state index in [9.17, 15) is 26.4 Å². The van der Waals surface area contributed by atoms with Crippen molar-refractivity contribution in [3.05, 3.63) is 47.1 Å². The molecular weight excluding hydrogens is 595 g/mol. The van der Waals surface area contributed by atoms with Crippen molar-refractivity contribution >= 4 is 44.4 Å². The van der Waals surface area contributed by atoms with Gasteiger partial charge < -0.3 is 10.2 Å². The van der Waals surface area contributed by atoms with E-state index in [-0.39, 0.29) is 46.4 Å². The van der Waals surface area contributed by atoms with Gasteiger partial charge in [0.15, 0.2) is 10.8 Å². The first-order valence-electron chi connectivity index (χ1n) is 12.6. The Labute approximate surface area is 236 Å². The summed E-state index contributed by atoms with van der Waals surface area (Å²) < 4.78 is 97.5. The van der Waals surface area contributed by atoms with Gasteiger partial charge in [-0.1, -0.05) is 11.6 Å². The summed E-state index contributed by atoms with van der Waals surface area (Å²) in [5.74, 6) is -5.90. The van der Waals surface area contributed by atoms with Gasteiger partial charge in [0.25, 0.3) is 5.92 Å². The second-order valence-corrected chi connectivity index (χ2v) is 14.2. The van der Waals surface area contributed by atoms with Crippen LogP contribution in [0.15, 0.2) is 30.6 Å². The number of rotatable bonds is 5. The summed E-state index contributed by atoms with van der Waals surface area (Å²) in [4.78, 5) is 22.5. The number of aromatic nitrogens is 4. The number of pyridine rings is 1. The first kappa shape index (κ1) is 28.1. The molecule has 220 valence electrons. The molecule has 0 spiro atoms. The number of hydrogen-bond acceptors (Lipinski definition) is 7. The number of nitrogens with one attached hydrogen (secondary N) is 1. The van der Waals surface area contributed by atoms with Crippen molar-refractivity contribution in [2.45, 2.75) is 61.4 Å². The number of alkyl halides is 5. The molecule has 3 aromatic rings. The molecule has 0 bridgehead atoms. The van der Waals surface area contributed by atoms with Gasteiger partial charge in [-0.05, 0) is 38.8 Å². The highest BCUT2D eigenvalue weighted by Crippen LogP contribution is 2.71. The summed E-state index contributed by atoms with van der Waals surface area (Å²) in [5.41, 5.74) is -4.28. The Kier molecular flexibility index (Phi) is 5.81. The zero-order valence-corrected chi connectivity index (χ0v) is 23.4. The number of fused-ring (bicyclic) bond motifs is 3. The maximum absolute atomic E-state index is 15.0. The van der Waals surface area contributed by atoms with Gasteiger partial charge in [-0.3, -0.25) is 9.78 Å². The summed E-state index contributed by atoms with van der Waals surface area (Å²) in [5, 5.41) is 5.88. The lowest BCUT2D eigenvalue weighted by molar-refractivity contribution is -0.181. The topological polar surface area (TPSA) is 110 Å². The predicted molar refractivity (Wildman–Crippen MR) is 138 cm³/mol. The lowest BCUT2D eigenvalue weighted by atomic mass is 9.87. The molecule has 3 aliphatic rings. The van der Waals surface area contributed by atoms with Crippen molar-refractivity contribution in [2.75, 3.05) is 17.7 Å². The number of halogens is 6. The van der Waals surface area contributed by atoms with Crippen LogP contribution >= 0.6 is 11.6 Å². The molecule has 4 heterocycles. The molecule has 2 fully saturated rings. The number of amides is 1. The zero-order chi connectivity index (χ0) is 29.9. The molecule has 1 amide bonds. The first-order chi connectivity index (χ1) is 18.9. The van der Waals surface area contributed by atoms with Crippen molar-refractivity contribution in [1.82, 2.24) is 24.9 Å². The minimum absolute atomic E-state index is 0.0233. The molecule has 6 rings (SSSR count). The van der Waals surface area contributed by atoms with Crippen molar-refractivity contribution < 1.29 is 35.2 Å². The third kappa shape index (κ3) is 3.94. The number of carbonyl (C=O) groups excluding carboxylic acids is 1.